The van der Waals surface area contributed by atoms with Crippen LogP contribution in [0.2, 0.25) is 0 Å². The monoisotopic (exact) mass is 445 g/mol. The Hall–Kier alpha value is -2.72. The molecule has 9 nitrogen and oxygen atoms in total. The average Bonchev–Trinajstić information content (AvgIpc) is 3.28. The number of methoxy groups -OCH3 is 1. The zero-order chi connectivity index (χ0) is 22.2. The molecule has 1 aromatic carbocycles. The average molecular weight is 446 g/mol. The van der Waals surface area contributed by atoms with Crippen molar-refractivity contribution in [3.63, 3.8) is 0 Å². The minimum absolute atomic E-state index is 0.0616. The van der Waals surface area contributed by atoms with Crippen molar-refractivity contribution in [1.82, 2.24) is 19.2 Å². The van der Waals surface area contributed by atoms with Gasteiger partial charge in [-0.3, -0.25) is 4.79 Å². The molecule has 0 saturated carbocycles. The summed E-state index contributed by atoms with van der Waals surface area (Å²) in [6.07, 6.45) is 1.33. The molecule has 0 radical (unpaired) electrons. The van der Waals surface area contributed by atoms with Crippen LogP contribution in [0.25, 0.3) is 0 Å². The molecule has 0 spiro atoms. The van der Waals surface area contributed by atoms with E-state index < -0.39 is 10.0 Å². The molecule has 1 aromatic heterocycles. The van der Waals surface area contributed by atoms with Gasteiger partial charge in [-0.1, -0.05) is 12.1 Å². The fraction of sp³-hybridized carbons (Fsp3) is 0.476. The Morgan fingerprint density at radius 2 is 2.00 bits per heavy atom. The Bertz CT molecular complexity index is 1090. The summed E-state index contributed by atoms with van der Waals surface area (Å²) in [5.41, 5.74) is 1.65. The number of hydrogen-bond donors (Lipinski definition) is 1. The van der Waals surface area contributed by atoms with Gasteiger partial charge in [-0.25, -0.2) is 18.4 Å². The normalized spacial score (nSPS) is 19.2. The molecule has 2 aliphatic heterocycles. The number of fused-ring (bicyclic) bond motifs is 1. The van der Waals surface area contributed by atoms with Crippen LogP contribution in [0, 0.1) is 0 Å². The Morgan fingerprint density at radius 1 is 1.23 bits per heavy atom. The molecule has 0 aliphatic carbocycles. The zero-order valence-corrected chi connectivity index (χ0v) is 18.8. The highest BCUT2D eigenvalue weighted by atomic mass is 32.2. The van der Waals surface area contributed by atoms with E-state index in [4.69, 9.17) is 14.7 Å². The second-order valence-corrected chi connectivity index (χ2v) is 9.70. The Labute approximate surface area is 182 Å². The number of carbonyl (C=O) groups is 1. The Kier molecular flexibility index (Phi) is 5.85. The number of carbonyl (C=O) groups excluding carboxylic acids is 1. The number of rotatable bonds is 5. The summed E-state index contributed by atoms with van der Waals surface area (Å²) in [6.45, 7) is 3.42. The van der Waals surface area contributed by atoms with Gasteiger partial charge < -0.3 is 15.0 Å². The SMILES string of the molecule is CNc1nc(C2CCN(C(C)=O)C2)nc2c1CN(S(=O)(=O)c1ccccc1OC)CC2. The number of sulfonamides is 1. The molecule has 1 N–H and O–H groups in total. The van der Waals surface area contributed by atoms with Gasteiger partial charge in [-0.15, -0.1) is 0 Å². The molecule has 1 unspecified atom stereocenters. The number of ether oxygens (including phenoxy) is 1. The van der Waals surface area contributed by atoms with Crippen LogP contribution in [0.5, 0.6) is 5.75 Å². The first-order valence-electron chi connectivity index (χ1n) is 10.3. The van der Waals surface area contributed by atoms with Crippen molar-refractivity contribution in [1.29, 1.82) is 0 Å². The highest BCUT2D eigenvalue weighted by molar-refractivity contribution is 7.89. The van der Waals surface area contributed by atoms with Crippen LogP contribution in [-0.2, 0) is 27.8 Å². The Morgan fingerprint density at radius 3 is 2.68 bits per heavy atom. The zero-order valence-electron chi connectivity index (χ0n) is 18.0. The Balaban J connectivity index is 1.63. The lowest BCUT2D eigenvalue weighted by atomic mass is 10.0. The number of para-hydroxylation sites is 1. The lowest BCUT2D eigenvalue weighted by Gasteiger charge is -2.29. The van der Waals surface area contributed by atoms with Crippen molar-refractivity contribution in [2.24, 2.45) is 0 Å². The van der Waals surface area contributed by atoms with E-state index in [1.165, 1.54) is 11.4 Å². The van der Waals surface area contributed by atoms with Gasteiger partial charge >= 0.3 is 0 Å². The maximum absolute atomic E-state index is 13.3. The molecule has 0 bridgehead atoms. The van der Waals surface area contributed by atoms with E-state index in [1.807, 2.05) is 4.90 Å². The molecular weight excluding hydrogens is 418 g/mol. The van der Waals surface area contributed by atoms with E-state index in [-0.39, 0.29) is 23.3 Å². The highest BCUT2D eigenvalue weighted by Crippen LogP contribution is 2.33. The van der Waals surface area contributed by atoms with Crippen LogP contribution in [0.3, 0.4) is 0 Å². The van der Waals surface area contributed by atoms with E-state index in [0.29, 0.717) is 43.4 Å². The molecule has 10 heteroatoms. The summed E-state index contributed by atoms with van der Waals surface area (Å²) in [4.78, 5) is 23.1. The molecule has 2 aliphatic rings. The van der Waals surface area contributed by atoms with E-state index in [9.17, 15) is 13.2 Å². The topological polar surface area (TPSA) is 105 Å². The maximum Gasteiger partial charge on any atom is 0.247 e. The van der Waals surface area contributed by atoms with Crippen LogP contribution in [0.1, 0.15) is 36.3 Å². The molecule has 4 rings (SSSR count). The molecule has 1 amide bonds. The summed E-state index contributed by atoms with van der Waals surface area (Å²) in [5.74, 6) is 1.84. The van der Waals surface area contributed by atoms with E-state index in [0.717, 1.165) is 17.7 Å². The quantitative estimate of drug-likeness (QED) is 0.745. The predicted octanol–water partition coefficient (Wildman–Crippen LogP) is 1.61. The van der Waals surface area contributed by atoms with Crippen LogP contribution >= 0.6 is 0 Å². The predicted molar refractivity (Wildman–Crippen MR) is 115 cm³/mol. The minimum atomic E-state index is -3.73. The summed E-state index contributed by atoms with van der Waals surface area (Å²) in [5, 5.41) is 3.11. The number of aromatic nitrogens is 2. The van der Waals surface area contributed by atoms with Gasteiger partial charge in [0.05, 0.1) is 12.8 Å². The number of amides is 1. The minimum Gasteiger partial charge on any atom is -0.495 e. The van der Waals surface area contributed by atoms with Crippen molar-refractivity contribution in [2.45, 2.75) is 37.1 Å². The number of likely N-dealkylation sites (tertiary alicyclic amines) is 1. The molecule has 1 atom stereocenters. The summed E-state index contributed by atoms with van der Waals surface area (Å²) >= 11 is 0. The van der Waals surface area contributed by atoms with Crippen molar-refractivity contribution < 1.29 is 17.9 Å². The lowest BCUT2D eigenvalue weighted by Crippen LogP contribution is -2.37. The van der Waals surface area contributed by atoms with Gasteiger partial charge in [0.2, 0.25) is 15.9 Å². The van der Waals surface area contributed by atoms with Crippen LogP contribution in [0.4, 0.5) is 5.82 Å². The van der Waals surface area contributed by atoms with Gasteiger partial charge in [0.1, 0.15) is 22.3 Å². The smallest absolute Gasteiger partial charge is 0.247 e. The lowest BCUT2D eigenvalue weighted by molar-refractivity contribution is -0.127. The van der Waals surface area contributed by atoms with Gasteiger partial charge in [-0.2, -0.15) is 4.31 Å². The van der Waals surface area contributed by atoms with E-state index >= 15 is 0 Å². The molecular formula is C21H27N5O4S. The van der Waals surface area contributed by atoms with Crippen molar-refractivity contribution in [3.05, 3.63) is 41.3 Å². The van der Waals surface area contributed by atoms with Crippen LogP contribution in [-0.4, -0.2) is 67.3 Å². The van der Waals surface area contributed by atoms with E-state index in [1.54, 1.807) is 38.2 Å². The van der Waals surface area contributed by atoms with Crippen LogP contribution in [0.15, 0.2) is 29.2 Å². The molecule has 2 aromatic rings. The third kappa shape index (κ3) is 3.97. The van der Waals surface area contributed by atoms with Gasteiger partial charge in [0.15, 0.2) is 0 Å². The van der Waals surface area contributed by atoms with Crippen LogP contribution < -0.4 is 10.1 Å². The fourth-order valence-electron chi connectivity index (χ4n) is 4.23. The molecule has 1 fully saturated rings. The molecule has 3 heterocycles. The van der Waals surface area contributed by atoms with Crippen molar-refractivity contribution in [2.75, 3.05) is 39.1 Å². The summed E-state index contributed by atoms with van der Waals surface area (Å²) in [7, 11) is -0.497. The number of hydrogen-bond acceptors (Lipinski definition) is 7. The first-order chi connectivity index (χ1) is 14.8. The second-order valence-electron chi connectivity index (χ2n) is 7.80. The maximum atomic E-state index is 13.3. The number of nitrogens with one attached hydrogen (secondary N) is 1. The molecule has 31 heavy (non-hydrogen) atoms. The first kappa shape index (κ1) is 21.5. The van der Waals surface area contributed by atoms with Gasteiger partial charge in [-0.05, 0) is 18.6 Å². The number of anilines is 1. The van der Waals surface area contributed by atoms with Gasteiger partial charge in [0.25, 0.3) is 0 Å². The second kappa shape index (κ2) is 8.43. The van der Waals surface area contributed by atoms with Crippen molar-refractivity contribution in [3.8, 4) is 5.75 Å². The molecule has 1 saturated heterocycles. The third-order valence-electron chi connectivity index (χ3n) is 5.96. The fourth-order valence-corrected chi connectivity index (χ4v) is 5.80. The standard InChI is InChI=1S/C21H27N5O4S/c1-14(27)25-10-8-15(12-25)20-23-17-9-11-26(13-16(17)21(22-2)24-20)31(28,29)19-7-5-4-6-18(19)30-3/h4-7,15H,8-13H2,1-3H3,(H,22,23,24). The number of benzene rings is 1. The summed E-state index contributed by atoms with van der Waals surface area (Å²) < 4.78 is 33.3. The van der Waals surface area contributed by atoms with E-state index in [2.05, 4.69) is 5.32 Å². The van der Waals surface area contributed by atoms with Gasteiger partial charge in [0, 0.05) is 58.1 Å². The third-order valence-corrected chi connectivity index (χ3v) is 7.85. The number of nitrogens with zero attached hydrogens (tertiary/aromatic N) is 4. The first-order valence-corrected chi connectivity index (χ1v) is 11.7. The largest absolute Gasteiger partial charge is 0.495 e. The summed E-state index contributed by atoms with van der Waals surface area (Å²) in [6, 6.07) is 6.63. The highest BCUT2D eigenvalue weighted by Gasteiger charge is 2.34. The molecule has 166 valence electrons. The van der Waals surface area contributed by atoms with Crippen molar-refractivity contribution >= 4 is 21.7 Å².